The lowest BCUT2D eigenvalue weighted by Crippen LogP contribution is -2.14. The van der Waals surface area contributed by atoms with Crippen LogP contribution < -0.4 is 10.6 Å². The second kappa shape index (κ2) is 9.38. The van der Waals surface area contributed by atoms with E-state index in [1.54, 1.807) is 17.0 Å². The summed E-state index contributed by atoms with van der Waals surface area (Å²) in [5, 5.41) is 14.3. The van der Waals surface area contributed by atoms with Crippen LogP contribution in [0, 0.1) is 0 Å². The molecule has 2 aromatic carbocycles. The number of amides is 2. The van der Waals surface area contributed by atoms with E-state index in [9.17, 15) is 9.59 Å². The van der Waals surface area contributed by atoms with Crippen molar-refractivity contribution in [3.8, 4) is 5.69 Å². The highest BCUT2D eigenvalue weighted by Crippen LogP contribution is 2.23. The molecule has 0 unspecified atom stereocenters. The molecule has 0 radical (unpaired) electrons. The molecule has 29 heavy (non-hydrogen) atoms. The van der Waals surface area contributed by atoms with E-state index < -0.39 is 0 Å². The molecule has 2 amide bonds. The Balaban J connectivity index is 1.65. The number of rotatable bonds is 7. The molecule has 0 atom stereocenters. The molecule has 2 N–H and O–H groups in total. The van der Waals surface area contributed by atoms with Gasteiger partial charge in [0.05, 0.1) is 11.4 Å². The highest BCUT2D eigenvalue weighted by Gasteiger charge is 2.11. The lowest BCUT2D eigenvalue weighted by Gasteiger charge is -2.10. The van der Waals surface area contributed by atoms with E-state index in [1.807, 2.05) is 42.5 Å². The van der Waals surface area contributed by atoms with Crippen LogP contribution in [-0.2, 0) is 9.59 Å². The number of carbonyl (C=O) groups is 2. The van der Waals surface area contributed by atoms with Crippen LogP contribution >= 0.6 is 11.8 Å². The topological polar surface area (TPSA) is 88.9 Å². The zero-order chi connectivity index (χ0) is 20.8. The summed E-state index contributed by atoms with van der Waals surface area (Å²) in [5.74, 6) is 0.347. The van der Waals surface area contributed by atoms with Crippen molar-refractivity contribution in [3.63, 3.8) is 0 Å². The van der Waals surface area contributed by atoms with Gasteiger partial charge in [0.2, 0.25) is 11.8 Å². The number of nitrogens with zero attached hydrogens (tertiary/aromatic N) is 3. The van der Waals surface area contributed by atoms with Crippen LogP contribution in [0.25, 0.3) is 5.69 Å². The molecular formula is C21H23N5O2S. The van der Waals surface area contributed by atoms with Crippen molar-refractivity contribution in [2.45, 2.75) is 31.8 Å². The van der Waals surface area contributed by atoms with Crippen LogP contribution in [0.15, 0.2) is 60.0 Å². The number of hydrogen-bond acceptors (Lipinski definition) is 5. The molecule has 0 spiro atoms. The number of benzene rings is 2. The molecule has 3 aromatic rings. The van der Waals surface area contributed by atoms with Gasteiger partial charge < -0.3 is 10.6 Å². The fourth-order valence-electron chi connectivity index (χ4n) is 2.74. The Morgan fingerprint density at radius 2 is 1.79 bits per heavy atom. The van der Waals surface area contributed by atoms with E-state index in [0.717, 1.165) is 11.4 Å². The van der Waals surface area contributed by atoms with Gasteiger partial charge in [-0.3, -0.25) is 14.2 Å². The van der Waals surface area contributed by atoms with Gasteiger partial charge in [-0.1, -0.05) is 43.8 Å². The number of nitrogens with one attached hydrogen (secondary N) is 2. The molecule has 0 saturated heterocycles. The number of aromatic nitrogens is 3. The van der Waals surface area contributed by atoms with Gasteiger partial charge in [-0.05, 0) is 41.8 Å². The molecule has 7 nitrogen and oxygen atoms in total. The summed E-state index contributed by atoms with van der Waals surface area (Å²) < 4.78 is 1.78. The first-order valence-corrected chi connectivity index (χ1v) is 10.2. The van der Waals surface area contributed by atoms with E-state index >= 15 is 0 Å². The Morgan fingerprint density at radius 3 is 2.52 bits per heavy atom. The molecule has 0 saturated carbocycles. The third kappa shape index (κ3) is 5.68. The molecule has 150 valence electrons. The van der Waals surface area contributed by atoms with Crippen molar-refractivity contribution in [3.05, 3.63) is 60.4 Å². The number of anilines is 2. The van der Waals surface area contributed by atoms with Crippen molar-refractivity contribution in [1.29, 1.82) is 0 Å². The largest absolute Gasteiger partial charge is 0.326 e. The first-order chi connectivity index (χ1) is 13.9. The molecule has 1 heterocycles. The van der Waals surface area contributed by atoms with Crippen LogP contribution in [0.2, 0.25) is 0 Å². The van der Waals surface area contributed by atoms with E-state index in [-0.39, 0.29) is 17.6 Å². The second-order valence-electron chi connectivity index (χ2n) is 6.83. The minimum absolute atomic E-state index is 0.113. The lowest BCUT2D eigenvalue weighted by molar-refractivity contribution is -0.114. The molecule has 8 heteroatoms. The van der Waals surface area contributed by atoms with E-state index in [0.29, 0.717) is 16.8 Å². The average Bonchev–Trinajstić information content (AvgIpc) is 3.15. The summed E-state index contributed by atoms with van der Waals surface area (Å²) in [7, 11) is 0. The summed E-state index contributed by atoms with van der Waals surface area (Å²) in [6.45, 7) is 5.69. The van der Waals surface area contributed by atoms with Crippen molar-refractivity contribution in [2.75, 3.05) is 16.4 Å². The zero-order valence-corrected chi connectivity index (χ0v) is 17.4. The minimum atomic E-state index is -0.140. The summed E-state index contributed by atoms with van der Waals surface area (Å²) >= 11 is 1.30. The van der Waals surface area contributed by atoms with Gasteiger partial charge in [-0.2, -0.15) is 0 Å². The molecule has 1 aromatic heterocycles. The van der Waals surface area contributed by atoms with Gasteiger partial charge in [-0.15, -0.1) is 10.2 Å². The smallest absolute Gasteiger partial charge is 0.234 e. The summed E-state index contributed by atoms with van der Waals surface area (Å²) in [6, 6.07) is 15.2. The molecule has 0 aliphatic carbocycles. The van der Waals surface area contributed by atoms with Crippen LogP contribution in [-0.4, -0.2) is 32.3 Å². The Bertz CT molecular complexity index is 1020. The Morgan fingerprint density at radius 1 is 1.07 bits per heavy atom. The zero-order valence-electron chi connectivity index (χ0n) is 16.5. The van der Waals surface area contributed by atoms with E-state index in [1.165, 1.54) is 24.2 Å². The third-order valence-electron chi connectivity index (χ3n) is 4.13. The van der Waals surface area contributed by atoms with Gasteiger partial charge >= 0.3 is 0 Å². The molecule has 0 fully saturated rings. The van der Waals surface area contributed by atoms with Crippen LogP contribution in [0.4, 0.5) is 11.4 Å². The minimum Gasteiger partial charge on any atom is -0.326 e. The molecule has 0 aliphatic rings. The standard InChI is InChI=1S/C21H23N5O2S/c1-14(2)16-6-4-7-17(10-16)24-20(28)12-29-21-25-22-13-26(21)19-9-5-8-18(11-19)23-15(3)27/h4-11,13-14H,12H2,1-3H3,(H,23,27)(H,24,28). The Hall–Kier alpha value is -3.13. The first kappa shape index (κ1) is 20.6. The fourth-order valence-corrected chi connectivity index (χ4v) is 3.47. The molecule has 0 aliphatic heterocycles. The maximum atomic E-state index is 12.4. The number of thioether (sulfide) groups is 1. The van der Waals surface area contributed by atoms with Gasteiger partial charge in [0, 0.05) is 18.3 Å². The molecule has 3 rings (SSSR count). The van der Waals surface area contributed by atoms with Crippen molar-refractivity contribution >= 4 is 35.0 Å². The summed E-state index contributed by atoms with van der Waals surface area (Å²) in [4.78, 5) is 23.6. The Labute approximate surface area is 173 Å². The average molecular weight is 410 g/mol. The van der Waals surface area contributed by atoms with Gasteiger partial charge in [-0.25, -0.2) is 0 Å². The predicted octanol–water partition coefficient (Wildman–Crippen LogP) is 4.08. The predicted molar refractivity (Wildman–Crippen MR) is 116 cm³/mol. The second-order valence-corrected chi connectivity index (χ2v) is 7.77. The molecule has 0 bridgehead atoms. The van der Waals surface area contributed by atoms with Gasteiger partial charge in [0.15, 0.2) is 5.16 Å². The monoisotopic (exact) mass is 409 g/mol. The van der Waals surface area contributed by atoms with Crippen molar-refractivity contribution < 1.29 is 9.59 Å². The van der Waals surface area contributed by atoms with Crippen LogP contribution in [0.1, 0.15) is 32.3 Å². The van der Waals surface area contributed by atoms with Crippen LogP contribution in [0.5, 0.6) is 0 Å². The number of hydrogen-bond donors (Lipinski definition) is 2. The van der Waals surface area contributed by atoms with Gasteiger partial charge in [0.25, 0.3) is 0 Å². The van der Waals surface area contributed by atoms with E-state index in [4.69, 9.17) is 0 Å². The lowest BCUT2D eigenvalue weighted by atomic mass is 10.0. The highest BCUT2D eigenvalue weighted by molar-refractivity contribution is 7.99. The maximum absolute atomic E-state index is 12.4. The Kier molecular flexibility index (Phi) is 6.66. The van der Waals surface area contributed by atoms with Crippen LogP contribution in [0.3, 0.4) is 0 Å². The summed E-state index contributed by atoms with van der Waals surface area (Å²) in [5.41, 5.74) is 3.44. The molecular weight excluding hydrogens is 386 g/mol. The van der Waals surface area contributed by atoms with Gasteiger partial charge in [0.1, 0.15) is 6.33 Å². The highest BCUT2D eigenvalue weighted by atomic mass is 32.2. The normalized spacial score (nSPS) is 10.8. The summed E-state index contributed by atoms with van der Waals surface area (Å²) in [6.07, 6.45) is 1.58. The third-order valence-corrected chi connectivity index (χ3v) is 5.07. The number of carbonyl (C=O) groups excluding carboxylic acids is 2. The van der Waals surface area contributed by atoms with Crippen molar-refractivity contribution in [2.24, 2.45) is 0 Å². The van der Waals surface area contributed by atoms with Crippen molar-refractivity contribution in [1.82, 2.24) is 14.8 Å². The fraction of sp³-hybridized carbons (Fsp3) is 0.238. The maximum Gasteiger partial charge on any atom is 0.234 e. The van der Waals surface area contributed by atoms with E-state index in [2.05, 4.69) is 34.7 Å². The first-order valence-electron chi connectivity index (χ1n) is 9.23. The quantitative estimate of drug-likeness (QED) is 0.574. The SMILES string of the molecule is CC(=O)Nc1cccc(-n2cnnc2SCC(=O)Nc2cccc(C(C)C)c2)c1.